The Morgan fingerprint density at radius 2 is 2.44 bits per heavy atom. The maximum atomic E-state index is 5.48. The van der Waals surface area contributed by atoms with E-state index in [1.165, 1.54) is 0 Å². The van der Waals surface area contributed by atoms with Crippen molar-refractivity contribution in [2.24, 2.45) is 10.8 Å². The Hall–Kier alpha value is -1.88. The van der Waals surface area contributed by atoms with Gasteiger partial charge in [0.15, 0.2) is 0 Å². The highest BCUT2D eigenvalue weighted by Crippen LogP contribution is 2.09. The Bertz CT molecular complexity index is 500. The summed E-state index contributed by atoms with van der Waals surface area (Å²) < 4.78 is 1.80. The smallest absolute Gasteiger partial charge is 0.146 e. The number of fused-ring (bicyclic) bond motifs is 1. The Labute approximate surface area is 94.0 Å². The number of pyridine rings is 1. The summed E-state index contributed by atoms with van der Waals surface area (Å²) in [5, 5.41) is 4.24. The Kier molecular flexibility index (Phi) is 3.16. The number of amidine groups is 1. The van der Waals surface area contributed by atoms with Gasteiger partial charge in [-0.3, -0.25) is 4.99 Å². The van der Waals surface area contributed by atoms with Crippen molar-refractivity contribution in [3.8, 4) is 0 Å². The van der Waals surface area contributed by atoms with Crippen LogP contribution in [0.4, 0.5) is 0 Å². The van der Waals surface area contributed by atoms with Gasteiger partial charge in [0.2, 0.25) is 0 Å². The van der Waals surface area contributed by atoms with Gasteiger partial charge in [0.1, 0.15) is 5.84 Å². The number of rotatable bonds is 3. The quantitative estimate of drug-likeness (QED) is 0.348. The van der Waals surface area contributed by atoms with E-state index in [-0.39, 0.29) is 0 Å². The average Bonchev–Trinajstić information content (AvgIpc) is 2.75. The second kappa shape index (κ2) is 4.76. The molecular weight excluding hydrogens is 202 g/mol. The molecule has 3 N–H and O–H groups in total. The predicted octanol–water partition coefficient (Wildman–Crippen LogP) is 0.954. The molecule has 16 heavy (non-hydrogen) atoms. The molecule has 0 bridgehead atoms. The summed E-state index contributed by atoms with van der Waals surface area (Å²) in [5.74, 6) is 6.16. The molecule has 0 unspecified atom stereocenters. The van der Waals surface area contributed by atoms with Gasteiger partial charge in [0.05, 0.1) is 17.3 Å². The third kappa shape index (κ3) is 1.90. The summed E-state index contributed by atoms with van der Waals surface area (Å²) in [6, 6.07) is 5.89. The molecule has 2 aromatic rings. The zero-order valence-corrected chi connectivity index (χ0v) is 9.22. The summed E-state index contributed by atoms with van der Waals surface area (Å²) in [6.07, 6.45) is 4.65. The number of nitrogens with one attached hydrogen (secondary N) is 1. The first-order valence-electron chi connectivity index (χ1n) is 5.30. The fourth-order valence-electron chi connectivity index (χ4n) is 1.55. The lowest BCUT2D eigenvalue weighted by Gasteiger charge is -2.03. The molecule has 0 saturated heterocycles. The SMILES string of the molecule is CCCN=C(NN)c1cnn2ccccc12. The topological polar surface area (TPSA) is 67.7 Å². The number of hydrazine groups is 1. The molecule has 0 aliphatic carbocycles. The summed E-state index contributed by atoms with van der Waals surface area (Å²) in [5.41, 5.74) is 4.55. The number of nitrogens with two attached hydrogens (primary N) is 1. The monoisotopic (exact) mass is 217 g/mol. The molecule has 0 radical (unpaired) electrons. The van der Waals surface area contributed by atoms with E-state index in [1.54, 1.807) is 10.7 Å². The van der Waals surface area contributed by atoms with E-state index < -0.39 is 0 Å². The molecule has 2 aromatic heterocycles. The minimum atomic E-state index is 0.683. The van der Waals surface area contributed by atoms with Crippen LogP contribution in [0, 0.1) is 0 Å². The first kappa shape index (κ1) is 10.6. The van der Waals surface area contributed by atoms with Crippen LogP contribution in [0.1, 0.15) is 18.9 Å². The summed E-state index contributed by atoms with van der Waals surface area (Å²) in [6.45, 7) is 2.83. The van der Waals surface area contributed by atoms with Crippen molar-refractivity contribution in [3.63, 3.8) is 0 Å². The third-order valence-corrected chi connectivity index (χ3v) is 2.31. The van der Waals surface area contributed by atoms with Crippen molar-refractivity contribution in [2.75, 3.05) is 6.54 Å². The molecule has 0 aliphatic heterocycles. The van der Waals surface area contributed by atoms with Gasteiger partial charge in [-0.25, -0.2) is 10.4 Å². The van der Waals surface area contributed by atoms with Gasteiger partial charge in [0, 0.05) is 12.7 Å². The summed E-state index contributed by atoms with van der Waals surface area (Å²) in [7, 11) is 0. The van der Waals surface area contributed by atoms with Crippen LogP contribution in [0.3, 0.4) is 0 Å². The van der Waals surface area contributed by atoms with E-state index in [0.717, 1.165) is 24.0 Å². The molecule has 0 fully saturated rings. The maximum Gasteiger partial charge on any atom is 0.146 e. The highest BCUT2D eigenvalue weighted by molar-refractivity contribution is 6.04. The lowest BCUT2D eigenvalue weighted by Crippen LogP contribution is -2.31. The Morgan fingerprint density at radius 1 is 1.56 bits per heavy atom. The second-order valence-corrected chi connectivity index (χ2v) is 3.46. The van der Waals surface area contributed by atoms with Crippen LogP contribution in [-0.4, -0.2) is 22.0 Å². The summed E-state index contributed by atoms with van der Waals surface area (Å²) in [4.78, 5) is 4.38. The largest absolute Gasteiger partial charge is 0.308 e. The average molecular weight is 217 g/mol. The third-order valence-electron chi connectivity index (χ3n) is 2.31. The molecule has 2 rings (SSSR count). The van der Waals surface area contributed by atoms with Crippen molar-refractivity contribution in [1.82, 2.24) is 15.0 Å². The van der Waals surface area contributed by atoms with E-state index in [2.05, 4.69) is 22.4 Å². The second-order valence-electron chi connectivity index (χ2n) is 3.46. The van der Waals surface area contributed by atoms with Gasteiger partial charge < -0.3 is 5.43 Å². The molecule has 0 atom stereocenters. The first-order chi connectivity index (χ1) is 7.86. The Balaban J connectivity index is 2.45. The number of hydrogen-bond acceptors (Lipinski definition) is 3. The van der Waals surface area contributed by atoms with Crippen molar-refractivity contribution in [2.45, 2.75) is 13.3 Å². The number of aromatic nitrogens is 2. The van der Waals surface area contributed by atoms with E-state index in [1.807, 2.05) is 24.4 Å². The normalized spacial score (nSPS) is 12.0. The van der Waals surface area contributed by atoms with Crippen molar-refractivity contribution < 1.29 is 0 Å². The Morgan fingerprint density at radius 3 is 3.19 bits per heavy atom. The molecule has 5 heteroatoms. The standard InChI is InChI=1S/C11H15N5/c1-2-6-13-11(15-12)9-8-14-16-7-4-3-5-10(9)16/h3-5,7-8H,2,6,12H2,1H3,(H,13,15). The zero-order valence-electron chi connectivity index (χ0n) is 9.22. The fraction of sp³-hybridized carbons (Fsp3) is 0.273. The van der Waals surface area contributed by atoms with Crippen LogP contribution < -0.4 is 11.3 Å². The van der Waals surface area contributed by atoms with Crippen LogP contribution in [0.5, 0.6) is 0 Å². The molecule has 0 aromatic carbocycles. The van der Waals surface area contributed by atoms with Gasteiger partial charge in [-0.1, -0.05) is 13.0 Å². The molecular formula is C11H15N5. The van der Waals surface area contributed by atoms with Crippen molar-refractivity contribution in [3.05, 3.63) is 36.2 Å². The van der Waals surface area contributed by atoms with Crippen LogP contribution in [-0.2, 0) is 0 Å². The molecule has 0 spiro atoms. The summed E-state index contributed by atoms with van der Waals surface area (Å²) >= 11 is 0. The molecule has 5 nitrogen and oxygen atoms in total. The zero-order chi connectivity index (χ0) is 11.4. The van der Waals surface area contributed by atoms with Gasteiger partial charge in [-0.2, -0.15) is 5.10 Å². The van der Waals surface area contributed by atoms with Gasteiger partial charge in [0.25, 0.3) is 0 Å². The molecule has 0 aliphatic rings. The van der Waals surface area contributed by atoms with E-state index >= 15 is 0 Å². The van der Waals surface area contributed by atoms with Crippen LogP contribution in [0.15, 0.2) is 35.6 Å². The highest BCUT2D eigenvalue weighted by Gasteiger charge is 2.08. The lowest BCUT2D eigenvalue weighted by atomic mass is 10.2. The molecule has 2 heterocycles. The molecule has 0 saturated carbocycles. The van der Waals surface area contributed by atoms with Crippen molar-refractivity contribution in [1.29, 1.82) is 0 Å². The van der Waals surface area contributed by atoms with Gasteiger partial charge in [-0.15, -0.1) is 0 Å². The van der Waals surface area contributed by atoms with E-state index in [4.69, 9.17) is 5.84 Å². The predicted molar refractivity (Wildman–Crippen MR) is 64.2 cm³/mol. The van der Waals surface area contributed by atoms with Crippen LogP contribution >= 0.6 is 0 Å². The van der Waals surface area contributed by atoms with Gasteiger partial charge >= 0.3 is 0 Å². The molecule has 0 amide bonds. The fourth-order valence-corrected chi connectivity index (χ4v) is 1.55. The number of hydrogen-bond donors (Lipinski definition) is 2. The highest BCUT2D eigenvalue weighted by atomic mass is 15.3. The number of aliphatic imine (C=N–C) groups is 1. The first-order valence-corrected chi connectivity index (χ1v) is 5.30. The van der Waals surface area contributed by atoms with E-state index in [0.29, 0.717) is 5.84 Å². The minimum absolute atomic E-state index is 0.683. The minimum Gasteiger partial charge on any atom is -0.308 e. The van der Waals surface area contributed by atoms with Gasteiger partial charge in [-0.05, 0) is 18.6 Å². The van der Waals surface area contributed by atoms with Crippen LogP contribution in [0.2, 0.25) is 0 Å². The van der Waals surface area contributed by atoms with Crippen LogP contribution in [0.25, 0.3) is 5.52 Å². The maximum absolute atomic E-state index is 5.48. The van der Waals surface area contributed by atoms with Crippen molar-refractivity contribution >= 4 is 11.4 Å². The number of nitrogens with zero attached hydrogens (tertiary/aromatic N) is 3. The molecule has 84 valence electrons. The van der Waals surface area contributed by atoms with E-state index in [9.17, 15) is 0 Å². The lowest BCUT2D eigenvalue weighted by molar-refractivity contribution is 0.908.